The van der Waals surface area contributed by atoms with Crippen LogP contribution < -0.4 is 10.6 Å². The summed E-state index contributed by atoms with van der Waals surface area (Å²) in [5.41, 5.74) is 4.41. The van der Waals surface area contributed by atoms with E-state index in [1.165, 1.54) is 14.0 Å². The number of carboxylic acid groups (broad SMARTS) is 1. The van der Waals surface area contributed by atoms with Gasteiger partial charge in [-0.1, -0.05) is 55.5 Å². The Kier molecular flexibility index (Phi) is 7.48. The summed E-state index contributed by atoms with van der Waals surface area (Å²) < 4.78 is 10.7. The van der Waals surface area contributed by atoms with E-state index in [-0.39, 0.29) is 19.1 Å². The summed E-state index contributed by atoms with van der Waals surface area (Å²) in [5, 5.41) is 14.1. The summed E-state index contributed by atoms with van der Waals surface area (Å²) in [4.78, 5) is 36.1. The molecule has 1 unspecified atom stereocenters. The molecule has 0 bridgehead atoms. The number of benzene rings is 2. The van der Waals surface area contributed by atoms with Gasteiger partial charge in [-0.2, -0.15) is 0 Å². The van der Waals surface area contributed by atoms with Crippen LogP contribution in [0.1, 0.15) is 30.9 Å². The Hall–Kier alpha value is -3.39. The quantitative estimate of drug-likeness (QED) is 0.553. The third-order valence-electron chi connectivity index (χ3n) is 5.74. The van der Waals surface area contributed by atoms with E-state index in [0.717, 1.165) is 22.3 Å². The van der Waals surface area contributed by atoms with Gasteiger partial charge in [0.25, 0.3) is 0 Å². The Morgan fingerprint density at radius 3 is 2.09 bits per heavy atom. The highest BCUT2D eigenvalue weighted by molar-refractivity contribution is 5.86. The maximum absolute atomic E-state index is 12.5. The molecule has 8 nitrogen and oxygen atoms in total. The van der Waals surface area contributed by atoms with Crippen molar-refractivity contribution in [1.82, 2.24) is 10.6 Å². The fourth-order valence-corrected chi connectivity index (χ4v) is 3.75. The number of fused-ring (bicyclic) bond motifs is 3. The Morgan fingerprint density at radius 1 is 1.00 bits per heavy atom. The Labute approximate surface area is 186 Å². The van der Waals surface area contributed by atoms with Crippen LogP contribution >= 0.6 is 0 Å². The molecule has 0 radical (unpaired) electrons. The number of amides is 2. The average Bonchev–Trinajstić information content (AvgIpc) is 3.12. The van der Waals surface area contributed by atoms with Crippen LogP contribution in [0, 0.1) is 5.92 Å². The number of ether oxygens (including phenoxy) is 2. The molecule has 170 valence electrons. The molecule has 0 aliphatic heterocycles. The third kappa shape index (κ3) is 5.08. The highest BCUT2D eigenvalue weighted by Gasteiger charge is 2.31. The summed E-state index contributed by atoms with van der Waals surface area (Å²) in [7, 11) is 1.42. The first-order valence-electron chi connectivity index (χ1n) is 10.5. The van der Waals surface area contributed by atoms with Crippen molar-refractivity contribution in [3.63, 3.8) is 0 Å². The number of hydrogen-bond acceptors (Lipinski definition) is 5. The van der Waals surface area contributed by atoms with Crippen LogP contribution in [0.15, 0.2) is 48.5 Å². The SMILES string of the molecule is CO[C@H](C)[C@H](NC(=O)OCC1c2ccccc2-c2ccccc21)C(=O)NCC(C)C(=O)O. The predicted octanol–water partition coefficient (Wildman–Crippen LogP) is 2.77. The number of hydrogen-bond donors (Lipinski definition) is 3. The van der Waals surface area contributed by atoms with E-state index >= 15 is 0 Å². The second-order valence-electron chi connectivity index (χ2n) is 7.87. The molecule has 2 aromatic carbocycles. The van der Waals surface area contributed by atoms with Crippen molar-refractivity contribution in [2.75, 3.05) is 20.3 Å². The lowest BCUT2D eigenvalue weighted by atomic mass is 9.98. The van der Waals surface area contributed by atoms with Crippen LogP contribution in [0.4, 0.5) is 4.79 Å². The molecule has 2 amide bonds. The largest absolute Gasteiger partial charge is 0.481 e. The van der Waals surface area contributed by atoms with Crippen molar-refractivity contribution in [1.29, 1.82) is 0 Å². The standard InChI is InChI=1S/C24H28N2O6/c1-14(23(28)29)12-25-22(27)21(15(2)31-3)26-24(30)32-13-20-18-10-6-4-8-16(18)17-9-5-7-11-19(17)20/h4-11,14-15,20-21H,12-13H2,1-3H3,(H,25,27)(H,26,30)(H,28,29)/t14?,15-,21+/m1/s1. The van der Waals surface area contributed by atoms with Crippen LogP contribution in [0.3, 0.4) is 0 Å². The lowest BCUT2D eigenvalue weighted by Gasteiger charge is -2.24. The van der Waals surface area contributed by atoms with E-state index in [0.29, 0.717) is 0 Å². The van der Waals surface area contributed by atoms with Crippen molar-refractivity contribution in [3.8, 4) is 11.1 Å². The number of carbonyl (C=O) groups excluding carboxylic acids is 2. The maximum Gasteiger partial charge on any atom is 0.407 e. The van der Waals surface area contributed by atoms with Gasteiger partial charge in [0.05, 0.1) is 12.0 Å². The Morgan fingerprint density at radius 2 is 1.56 bits per heavy atom. The second kappa shape index (κ2) is 10.3. The number of carbonyl (C=O) groups is 3. The fraction of sp³-hybridized carbons (Fsp3) is 0.375. The van der Waals surface area contributed by atoms with E-state index in [9.17, 15) is 14.4 Å². The van der Waals surface area contributed by atoms with Crippen LogP contribution in [-0.2, 0) is 19.1 Å². The van der Waals surface area contributed by atoms with E-state index < -0.39 is 36.0 Å². The number of rotatable bonds is 9. The summed E-state index contributed by atoms with van der Waals surface area (Å²) in [6, 6.07) is 15.0. The molecule has 0 saturated carbocycles. The van der Waals surface area contributed by atoms with Gasteiger partial charge >= 0.3 is 12.1 Å². The average molecular weight is 440 g/mol. The van der Waals surface area contributed by atoms with Crippen LogP contribution in [0.25, 0.3) is 11.1 Å². The summed E-state index contributed by atoms with van der Waals surface area (Å²) in [6.45, 7) is 3.17. The normalized spacial score (nSPS) is 15.1. The minimum atomic E-state index is -1.03. The van der Waals surface area contributed by atoms with Crippen molar-refractivity contribution in [3.05, 3.63) is 59.7 Å². The Balaban J connectivity index is 1.64. The van der Waals surface area contributed by atoms with Crippen LogP contribution in [-0.4, -0.2) is 55.5 Å². The number of alkyl carbamates (subject to hydrolysis) is 1. The Bertz CT molecular complexity index is 946. The molecule has 0 fully saturated rings. The zero-order valence-electron chi connectivity index (χ0n) is 18.3. The van der Waals surface area contributed by atoms with Crippen LogP contribution in [0.2, 0.25) is 0 Å². The van der Waals surface area contributed by atoms with Gasteiger partial charge in [0.15, 0.2) is 0 Å². The number of methoxy groups -OCH3 is 1. The highest BCUT2D eigenvalue weighted by Crippen LogP contribution is 2.44. The molecule has 2 aromatic rings. The zero-order chi connectivity index (χ0) is 23.3. The van der Waals surface area contributed by atoms with Crippen LogP contribution in [0.5, 0.6) is 0 Å². The first-order valence-corrected chi connectivity index (χ1v) is 10.5. The van der Waals surface area contributed by atoms with Gasteiger partial charge in [-0.3, -0.25) is 9.59 Å². The third-order valence-corrected chi connectivity index (χ3v) is 5.74. The first kappa shape index (κ1) is 23.3. The predicted molar refractivity (Wildman–Crippen MR) is 118 cm³/mol. The molecule has 1 aliphatic carbocycles. The number of aliphatic carboxylic acids is 1. The molecule has 0 aromatic heterocycles. The molecular formula is C24H28N2O6. The minimum Gasteiger partial charge on any atom is -0.481 e. The van der Waals surface area contributed by atoms with Crippen molar-refractivity contribution in [2.24, 2.45) is 5.92 Å². The summed E-state index contributed by atoms with van der Waals surface area (Å²) >= 11 is 0. The number of carboxylic acids is 1. The monoisotopic (exact) mass is 440 g/mol. The minimum absolute atomic E-state index is 0.0620. The summed E-state index contributed by atoms with van der Waals surface area (Å²) in [5.74, 6) is -2.42. The number of nitrogens with one attached hydrogen (secondary N) is 2. The van der Waals surface area contributed by atoms with Gasteiger partial charge in [0.1, 0.15) is 12.6 Å². The van der Waals surface area contributed by atoms with Gasteiger partial charge in [0, 0.05) is 19.6 Å². The van der Waals surface area contributed by atoms with E-state index in [1.807, 2.05) is 48.5 Å². The molecule has 1 aliphatic rings. The van der Waals surface area contributed by atoms with Crippen molar-refractivity contribution >= 4 is 18.0 Å². The molecule has 0 spiro atoms. The molecule has 32 heavy (non-hydrogen) atoms. The molecule has 0 heterocycles. The topological polar surface area (TPSA) is 114 Å². The van der Waals surface area contributed by atoms with Gasteiger partial charge in [-0.15, -0.1) is 0 Å². The van der Waals surface area contributed by atoms with Crippen molar-refractivity contribution < 1.29 is 29.0 Å². The lowest BCUT2D eigenvalue weighted by Crippen LogP contribution is -2.54. The lowest BCUT2D eigenvalue weighted by molar-refractivity contribution is -0.141. The molecular weight excluding hydrogens is 412 g/mol. The van der Waals surface area contributed by atoms with E-state index in [2.05, 4.69) is 10.6 Å². The van der Waals surface area contributed by atoms with Gasteiger partial charge in [0.2, 0.25) is 5.91 Å². The van der Waals surface area contributed by atoms with Gasteiger partial charge < -0.3 is 25.2 Å². The second-order valence-corrected chi connectivity index (χ2v) is 7.87. The van der Waals surface area contributed by atoms with E-state index in [4.69, 9.17) is 14.6 Å². The maximum atomic E-state index is 12.5. The van der Waals surface area contributed by atoms with E-state index in [1.54, 1.807) is 6.92 Å². The van der Waals surface area contributed by atoms with Crippen molar-refractivity contribution in [2.45, 2.75) is 31.9 Å². The molecule has 3 atom stereocenters. The summed E-state index contributed by atoms with van der Waals surface area (Å²) in [6.07, 6.45) is -1.39. The zero-order valence-corrected chi connectivity index (χ0v) is 18.3. The fourth-order valence-electron chi connectivity index (χ4n) is 3.75. The smallest absolute Gasteiger partial charge is 0.407 e. The molecule has 8 heteroatoms. The highest BCUT2D eigenvalue weighted by atomic mass is 16.5. The molecule has 3 rings (SSSR count). The van der Waals surface area contributed by atoms with Gasteiger partial charge in [-0.05, 0) is 29.2 Å². The van der Waals surface area contributed by atoms with Gasteiger partial charge in [-0.25, -0.2) is 4.79 Å². The first-order chi connectivity index (χ1) is 15.3. The molecule has 3 N–H and O–H groups in total. The molecule has 0 saturated heterocycles.